The summed E-state index contributed by atoms with van der Waals surface area (Å²) in [4.78, 5) is 27.8. The average molecular weight is 278 g/mol. The highest BCUT2D eigenvalue weighted by atomic mass is 16.1. The van der Waals surface area contributed by atoms with Gasteiger partial charge in [-0.15, -0.1) is 0 Å². The van der Waals surface area contributed by atoms with Crippen LogP contribution in [0.3, 0.4) is 0 Å². The van der Waals surface area contributed by atoms with Gasteiger partial charge < -0.3 is 0 Å². The third-order valence-corrected chi connectivity index (χ3v) is 3.33. The predicted molar refractivity (Wildman–Crippen MR) is 80.7 cm³/mol. The second-order valence-corrected chi connectivity index (χ2v) is 4.81. The van der Waals surface area contributed by atoms with Gasteiger partial charge in [-0.3, -0.25) is 0 Å². The number of benzene rings is 2. The number of carbonyl (C=O) groups excluding carboxylic acids is 2. The minimum absolute atomic E-state index is 0.595. The first-order chi connectivity index (χ1) is 10.1. The molecule has 0 aliphatic carbocycles. The van der Waals surface area contributed by atoms with Gasteiger partial charge in [-0.2, -0.15) is 9.98 Å². The van der Waals surface area contributed by atoms with E-state index in [9.17, 15) is 9.59 Å². The summed E-state index contributed by atoms with van der Waals surface area (Å²) in [6.07, 6.45) is 3.86. The van der Waals surface area contributed by atoms with Crippen LogP contribution in [-0.4, -0.2) is 12.2 Å². The largest absolute Gasteiger partial charge is 0.240 e. The molecule has 0 aromatic heterocycles. The predicted octanol–water partition coefficient (Wildman–Crippen LogP) is 3.83. The zero-order valence-corrected chi connectivity index (χ0v) is 11.9. The van der Waals surface area contributed by atoms with Crippen LogP contribution in [0.15, 0.2) is 46.4 Å². The highest BCUT2D eigenvalue weighted by molar-refractivity contribution is 5.57. The fourth-order valence-corrected chi connectivity index (χ4v) is 2.18. The maximum atomic E-state index is 10.4. The van der Waals surface area contributed by atoms with Gasteiger partial charge in [0.05, 0.1) is 11.4 Å². The molecule has 0 N–H and O–H groups in total. The monoisotopic (exact) mass is 278 g/mol. The van der Waals surface area contributed by atoms with Crippen LogP contribution in [0.25, 0.3) is 0 Å². The summed E-state index contributed by atoms with van der Waals surface area (Å²) in [5.41, 5.74) is 5.56. The Kier molecular flexibility index (Phi) is 4.57. The van der Waals surface area contributed by atoms with E-state index < -0.39 is 0 Å². The van der Waals surface area contributed by atoms with Gasteiger partial charge in [-0.25, -0.2) is 9.59 Å². The molecule has 0 fully saturated rings. The van der Waals surface area contributed by atoms with Gasteiger partial charge in [0.25, 0.3) is 0 Å². The first kappa shape index (κ1) is 14.6. The SMILES string of the molecule is Cc1cc(N=C=O)c(C)cc1Cc1ccc(N=C=O)cc1. The summed E-state index contributed by atoms with van der Waals surface area (Å²) in [6.45, 7) is 3.91. The molecule has 0 unspecified atom stereocenters. The summed E-state index contributed by atoms with van der Waals surface area (Å²) in [7, 11) is 0. The van der Waals surface area contributed by atoms with Crippen molar-refractivity contribution in [3.63, 3.8) is 0 Å². The molecule has 21 heavy (non-hydrogen) atoms. The van der Waals surface area contributed by atoms with Crippen molar-refractivity contribution in [1.29, 1.82) is 0 Å². The Bertz CT molecular complexity index is 751. The maximum Gasteiger partial charge on any atom is 0.240 e. The van der Waals surface area contributed by atoms with E-state index in [1.54, 1.807) is 18.2 Å². The molecular weight excluding hydrogens is 264 g/mol. The van der Waals surface area contributed by atoms with Gasteiger partial charge in [-0.05, 0) is 60.7 Å². The topological polar surface area (TPSA) is 58.9 Å². The van der Waals surface area contributed by atoms with E-state index in [4.69, 9.17) is 0 Å². The van der Waals surface area contributed by atoms with E-state index in [-0.39, 0.29) is 0 Å². The van der Waals surface area contributed by atoms with E-state index in [0.717, 1.165) is 23.1 Å². The second-order valence-electron chi connectivity index (χ2n) is 4.81. The number of hydrogen-bond donors (Lipinski definition) is 0. The van der Waals surface area contributed by atoms with Gasteiger partial charge in [0.1, 0.15) is 0 Å². The molecule has 4 heteroatoms. The Morgan fingerprint density at radius 3 is 2.19 bits per heavy atom. The van der Waals surface area contributed by atoms with Gasteiger partial charge in [0, 0.05) is 0 Å². The number of hydrogen-bond acceptors (Lipinski definition) is 4. The molecule has 0 radical (unpaired) electrons. The number of isocyanates is 2. The van der Waals surface area contributed by atoms with Crippen molar-refractivity contribution < 1.29 is 9.59 Å². The lowest BCUT2D eigenvalue weighted by atomic mass is 9.97. The molecule has 2 aromatic carbocycles. The van der Waals surface area contributed by atoms with E-state index in [1.165, 1.54) is 11.6 Å². The second kappa shape index (κ2) is 6.58. The maximum absolute atomic E-state index is 10.4. The molecule has 0 saturated heterocycles. The number of aliphatic imine (C=N–C) groups is 2. The molecule has 0 bridgehead atoms. The van der Waals surface area contributed by atoms with Crippen LogP contribution in [0.1, 0.15) is 22.3 Å². The van der Waals surface area contributed by atoms with E-state index in [2.05, 4.69) is 9.98 Å². The molecule has 4 nitrogen and oxygen atoms in total. The van der Waals surface area contributed by atoms with Crippen LogP contribution in [0, 0.1) is 13.8 Å². The molecule has 0 heterocycles. The van der Waals surface area contributed by atoms with Crippen LogP contribution < -0.4 is 0 Å². The molecule has 104 valence electrons. The van der Waals surface area contributed by atoms with Gasteiger partial charge in [-0.1, -0.05) is 18.2 Å². The number of nitrogens with zero attached hydrogens (tertiary/aromatic N) is 2. The summed E-state index contributed by atoms with van der Waals surface area (Å²) in [6, 6.07) is 11.4. The van der Waals surface area contributed by atoms with Crippen LogP contribution in [0.5, 0.6) is 0 Å². The van der Waals surface area contributed by atoms with Crippen molar-refractivity contribution in [2.24, 2.45) is 9.98 Å². The quantitative estimate of drug-likeness (QED) is 0.630. The van der Waals surface area contributed by atoms with Gasteiger partial charge in [0.15, 0.2) is 0 Å². The van der Waals surface area contributed by atoms with Crippen molar-refractivity contribution in [2.75, 3.05) is 0 Å². The zero-order chi connectivity index (χ0) is 15.2. The molecule has 0 spiro atoms. The minimum atomic E-state index is 0.595. The molecule has 0 atom stereocenters. The van der Waals surface area contributed by atoms with E-state index >= 15 is 0 Å². The average Bonchev–Trinajstić information content (AvgIpc) is 2.47. The summed E-state index contributed by atoms with van der Waals surface area (Å²) in [5, 5.41) is 0. The molecule has 0 aliphatic rings. The van der Waals surface area contributed by atoms with Crippen LogP contribution >= 0.6 is 0 Å². The lowest BCUT2D eigenvalue weighted by Crippen LogP contribution is -1.93. The normalized spacial score (nSPS) is 9.62. The van der Waals surface area contributed by atoms with Crippen LogP contribution in [0.4, 0.5) is 11.4 Å². The Labute approximate surface area is 122 Å². The van der Waals surface area contributed by atoms with Crippen LogP contribution in [0.2, 0.25) is 0 Å². The number of aryl methyl sites for hydroxylation is 2. The fourth-order valence-electron chi connectivity index (χ4n) is 2.18. The highest BCUT2D eigenvalue weighted by Gasteiger charge is 2.05. The zero-order valence-electron chi connectivity index (χ0n) is 11.9. The third-order valence-electron chi connectivity index (χ3n) is 3.33. The molecule has 2 rings (SSSR count). The third kappa shape index (κ3) is 3.61. The lowest BCUT2D eigenvalue weighted by Gasteiger charge is -2.09. The highest BCUT2D eigenvalue weighted by Crippen LogP contribution is 2.25. The van der Waals surface area contributed by atoms with Gasteiger partial charge in [0.2, 0.25) is 12.2 Å². The van der Waals surface area contributed by atoms with Crippen molar-refractivity contribution in [2.45, 2.75) is 20.3 Å². The smallest absolute Gasteiger partial charge is 0.211 e. The van der Waals surface area contributed by atoms with Crippen molar-refractivity contribution >= 4 is 23.5 Å². The summed E-state index contributed by atoms with van der Waals surface area (Å²) < 4.78 is 0. The summed E-state index contributed by atoms with van der Waals surface area (Å²) >= 11 is 0. The van der Waals surface area contributed by atoms with Crippen molar-refractivity contribution in [3.05, 3.63) is 58.7 Å². The minimum Gasteiger partial charge on any atom is -0.211 e. The Morgan fingerprint density at radius 2 is 1.57 bits per heavy atom. The lowest BCUT2D eigenvalue weighted by molar-refractivity contribution is 0.564. The summed E-state index contributed by atoms with van der Waals surface area (Å²) in [5.74, 6) is 0. The van der Waals surface area contributed by atoms with Crippen molar-refractivity contribution in [3.8, 4) is 0 Å². The Morgan fingerprint density at radius 1 is 0.905 bits per heavy atom. The van der Waals surface area contributed by atoms with E-state index in [0.29, 0.717) is 11.4 Å². The first-order valence-corrected chi connectivity index (χ1v) is 6.49. The molecule has 2 aromatic rings. The standard InChI is InChI=1S/C17H14N2O2/c1-12-8-17(19-11-21)13(2)7-15(12)9-14-3-5-16(6-4-14)18-10-20/h3-8H,9H2,1-2H3. The fraction of sp³-hybridized carbons (Fsp3) is 0.176. The van der Waals surface area contributed by atoms with Crippen LogP contribution in [-0.2, 0) is 16.0 Å². The molecule has 0 amide bonds. The Hall–Kier alpha value is -2.80. The molecular formula is C17H14N2O2. The molecule has 0 saturated carbocycles. The molecule has 0 aliphatic heterocycles. The Balaban J connectivity index is 2.29. The number of rotatable bonds is 4. The first-order valence-electron chi connectivity index (χ1n) is 6.49. The van der Waals surface area contributed by atoms with Gasteiger partial charge >= 0.3 is 0 Å². The van der Waals surface area contributed by atoms with Crippen molar-refractivity contribution in [1.82, 2.24) is 0 Å². The van der Waals surface area contributed by atoms with E-state index in [1.807, 2.05) is 38.1 Å².